The van der Waals surface area contributed by atoms with Gasteiger partial charge in [0.15, 0.2) is 0 Å². The van der Waals surface area contributed by atoms with Crippen molar-refractivity contribution >= 4 is 11.6 Å². The molecule has 2 unspecified atom stereocenters. The third-order valence-corrected chi connectivity index (χ3v) is 3.43. The minimum absolute atomic E-state index is 0.0558. The molecule has 2 aliphatic rings. The molecule has 0 saturated heterocycles. The summed E-state index contributed by atoms with van der Waals surface area (Å²) in [5.41, 5.74) is 3.93. The van der Waals surface area contributed by atoms with Crippen molar-refractivity contribution in [3.63, 3.8) is 0 Å². The largest absolute Gasteiger partial charge is 0.273 e. The second kappa shape index (κ2) is 4.33. The zero-order valence-corrected chi connectivity index (χ0v) is 9.62. The van der Waals surface area contributed by atoms with Crippen LogP contribution >= 0.6 is 0 Å². The smallest absolute Gasteiger partial charge is 0.240 e. The zero-order valence-electron chi connectivity index (χ0n) is 9.62. The number of hydrogen-bond acceptors (Lipinski definition) is 2. The van der Waals surface area contributed by atoms with E-state index in [0.29, 0.717) is 18.3 Å². The van der Waals surface area contributed by atoms with Gasteiger partial charge >= 0.3 is 0 Å². The highest BCUT2D eigenvalue weighted by atomic mass is 16.2. The van der Waals surface area contributed by atoms with E-state index in [-0.39, 0.29) is 5.91 Å². The topological polar surface area (TPSA) is 41.5 Å². The molecule has 84 valence electrons. The summed E-state index contributed by atoms with van der Waals surface area (Å²) in [6.45, 7) is 4.09. The SMILES string of the molecule is CC(C)CC(=O)N/N=C1\CC2CCC1C2. The van der Waals surface area contributed by atoms with Crippen molar-refractivity contribution in [2.24, 2.45) is 22.9 Å². The molecule has 0 aromatic rings. The Kier molecular flexibility index (Phi) is 3.08. The van der Waals surface area contributed by atoms with Gasteiger partial charge in [0.1, 0.15) is 0 Å². The van der Waals surface area contributed by atoms with Gasteiger partial charge in [-0.15, -0.1) is 0 Å². The van der Waals surface area contributed by atoms with E-state index in [1.165, 1.54) is 25.0 Å². The number of rotatable bonds is 3. The molecule has 2 aliphatic carbocycles. The highest BCUT2D eigenvalue weighted by molar-refractivity contribution is 5.90. The lowest BCUT2D eigenvalue weighted by atomic mass is 9.99. The van der Waals surface area contributed by atoms with Gasteiger partial charge in [0.05, 0.1) is 0 Å². The van der Waals surface area contributed by atoms with Crippen LogP contribution in [-0.4, -0.2) is 11.6 Å². The van der Waals surface area contributed by atoms with Crippen molar-refractivity contribution in [3.05, 3.63) is 0 Å². The number of hydrogen-bond donors (Lipinski definition) is 1. The minimum atomic E-state index is 0.0558. The van der Waals surface area contributed by atoms with E-state index in [4.69, 9.17) is 0 Å². The molecule has 15 heavy (non-hydrogen) atoms. The van der Waals surface area contributed by atoms with Gasteiger partial charge in [0, 0.05) is 12.1 Å². The number of nitrogens with one attached hydrogen (secondary N) is 1. The van der Waals surface area contributed by atoms with Crippen molar-refractivity contribution in [2.45, 2.75) is 46.0 Å². The van der Waals surface area contributed by atoms with E-state index in [9.17, 15) is 4.79 Å². The third kappa shape index (κ3) is 2.58. The molecule has 2 atom stereocenters. The molecular formula is C12H20N2O. The number of amides is 1. The molecule has 1 N–H and O–H groups in total. The third-order valence-electron chi connectivity index (χ3n) is 3.43. The van der Waals surface area contributed by atoms with Crippen LogP contribution in [0.3, 0.4) is 0 Å². The van der Waals surface area contributed by atoms with Crippen molar-refractivity contribution in [2.75, 3.05) is 0 Å². The van der Waals surface area contributed by atoms with Gasteiger partial charge in [0.25, 0.3) is 0 Å². The predicted molar refractivity (Wildman–Crippen MR) is 60.5 cm³/mol. The molecule has 2 fully saturated rings. The lowest BCUT2D eigenvalue weighted by Crippen LogP contribution is -2.22. The Hall–Kier alpha value is -0.860. The molecule has 3 heteroatoms. The fourth-order valence-electron chi connectivity index (χ4n) is 2.71. The zero-order chi connectivity index (χ0) is 10.8. The number of carbonyl (C=O) groups is 1. The van der Waals surface area contributed by atoms with E-state index in [1.54, 1.807) is 0 Å². The van der Waals surface area contributed by atoms with Gasteiger partial charge < -0.3 is 0 Å². The molecule has 0 heterocycles. The van der Waals surface area contributed by atoms with Gasteiger partial charge in [-0.1, -0.05) is 13.8 Å². The molecular weight excluding hydrogens is 188 g/mol. The molecule has 0 aliphatic heterocycles. The second-order valence-corrected chi connectivity index (χ2v) is 5.32. The summed E-state index contributed by atoms with van der Waals surface area (Å²) in [5, 5.41) is 4.28. The first-order valence-electron chi connectivity index (χ1n) is 6.00. The van der Waals surface area contributed by atoms with E-state index in [1.807, 2.05) is 13.8 Å². The molecule has 0 radical (unpaired) electrons. The van der Waals surface area contributed by atoms with Gasteiger partial charge in [0.2, 0.25) is 5.91 Å². The van der Waals surface area contributed by atoms with E-state index < -0.39 is 0 Å². The predicted octanol–water partition coefficient (Wildman–Crippen LogP) is 2.32. The van der Waals surface area contributed by atoms with Crippen LogP contribution in [-0.2, 0) is 4.79 Å². The standard InChI is InChI=1S/C12H20N2O/c1-8(2)5-12(15)14-13-11-7-9-3-4-10(11)6-9/h8-10H,3-7H2,1-2H3,(H,14,15)/b13-11+. The fourth-order valence-corrected chi connectivity index (χ4v) is 2.71. The average molecular weight is 208 g/mol. The molecule has 3 nitrogen and oxygen atoms in total. The summed E-state index contributed by atoms with van der Waals surface area (Å²) < 4.78 is 0. The Morgan fingerprint density at radius 1 is 1.53 bits per heavy atom. The lowest BCUT2D eigenvalue weighted by molar-refractivity contribution is -0.121. The monoisotopic (exact) mass is 208 g/mol. The van der Waals surface area contributed by atoms with Crippen LogP contribution in [0.15, 0.2) is 5.10 Å². The Balaban J connectivity index is 1.82. The molecule has 0 aromatic carbocycles. The Labute approximate surface area is 91.3 Å². The van der Waals surface area contributed by atoms with Crippen LogP contribution in [0.25, 0.3) is 0 Å². The lowest BCUT2D eigenvalue weighted by Gasteiger charge is -2.11. The first kappa shape index (κ1) is 10.7. The highest BCUT2D eigenvalue weighted by Crippen LogP contribution is 2.42. The summed E-state index contributed by atoms with van der Waals surface area (Å²) >= 11 is 0. The summed E-state index contributed by atoms with van der Waals surface area (Å²) in [4.78, 5) is 11.4. The van der Waals surface area contributed by atoms with E-state index >= 15 is 0 Å². The average Bonchev–Trinajstić information content (AvgIpc) is 2.74. The number of hydrazone groups is 1. The molecule has 2 bridgehead atoms. The van der Waals surface area contributed by atoms with Gasteiger partial charge in [-0.25, -0.2) is 5.43 Å². The van der Waals surface area contributed by atoms with Crippen molar-refractivity contribution < 1.29 is 4.79 Å². The molecule has 2 saturated carbocycles. The normalized spacial score (nSPS) is 31.5. The maximum Gasteiger partial charge on any atom is 0.240 e. The van der Waals surface area contributed by atoms with Crippen LogP contribution in [0.5, 0.6) is 0 Å². The summed E-state index contributed by atoms with van der Waals surface area (Å²) in [5.74, 6) is 2.00. The Bertz CT molecular complexity index is 283. The van der Waals surface area contributed by atoms with Crippen LogP contribution in [0, 0.1) is 17.8 Å². The number of carbonyl (C=O) groups excluding carboxylic acids is 1. The molecule has 2 rings (SSSR count). The van der Waals surface area contributed by atoms with Crippen LogP contribution in [0.2, 0.25) is 0 Å². The summed E-state index contributed by atoms with van der Waals surface area (Å²) in [6.07, 6.45) is 5.64. The van der Waals surface area contributed by atoms with Crippen molar-refractivity contribution in [1.29, 1.82) is 0 Å². The quantitative estimate of drug-likeness (QED) is 0.710. The molecule has 1 amide bonds. The first-order chi connectivity index (χ1) is 7.15. The number of fused-ring (bicyclic) bond motifs is 2. The van der Waals surface area contributed by atoms with Crippen LogP contribution in [0.4, 0.5) is 0 Å². The van der Waals surface area contributed by atoms with Gasteiger partial charge in [-0.3, -0.25) is 4.79 Å². The fraction of sp³-hybridized carbons (Fsp3) is 0.833. The van der Waals surface area contributed by atoms with Crippen molar-refractivity contribution in [1.82, 2.24) is 5.43 Å². The maximum atomic E-state index is 11.4. The van der Waals surface area contributed by atoms with E-state index in [2.05, 4.69) is 10.5 Å². The number of nitrogens with zero attached hydrogens (tertiary/aromatic N) is 1. The Morgan fingerprint density at radius 2 is 2.33 bits per heavy atom. The highest BCUT2D eigenvalue weighted by Gasteiger charge is 2.36. The van der Waals surface area contributed by atoms with E-state index in [0.717, 1.165) is 12.3 Å². The van der Waals surface area contributed by atoms with Crippen LogP contribution in [0.1, 0.15) is 46.0 Å². The van der Waals surface area contributed by atoms with Crippen molar-refractivity contribution in [3.8, 4) is 0 Å². The Morgan fingerprint density at radius 3 is 2.87 bits per heavy atom. The van der Waals surface area contributed by atoms with Crippen LogP contribution < -0.4 is 5.43 Å². The maximum absolute atomic E-state index is 11.4. The van der Waals surface area contributed by atoms with Gasteiger partial charge in [-0.05, 0) is 43.4 Å². The van der Waals surface area contributed by atoms with Gasteiger partial charge in [-0.2, -0.15) is 5.10 Å². The second-order valence-electron chi connectivity index (χ2n) is 5.32. The summed E-state index contributed by atoms with van der Waals surface area (Å²) in [6, 6.07) is 0. The minimum Gasteiger partial charge on any atom is -0.273 e. The summed E-state index contributed by atoms with van der Waals surface area (Å²) in [7, 11) is 0. The molecule has 0 aromatic heterocycles. The molecule has 0 spiro atoms. The first-order valence-corrected chi connectivity index (χ1v) is 6.00.